The Morgan fingerprint density at radius 2 is 2.19 bits per heavy atom. The Morgan fingerprint density at radius 3 is 2.81 bits per heavy atom. The van der Waals surface area contributed by atoms with Gasteiger partial charge in [0.1, 0.15) is 11.6 Å². The number of anilines is 1. The molecule has 0 fully saturated rings. The number of hydrogen-bond acceptors (Lipinski definition) is 3. The van der Waals surface area contributed by atoms with Crippen molar-refractivity contribution in [2.24, 2.45) is 0 Å². The van der Waals surface area contributed by atoms with E-state index in [0.717, 1.165) is 31.4 Å². The Bertz CT molecular complexity index is 561. The lowest BCUT2D eigenvalue weighted by Gasteiger charge is -2.06. The van der Waals surface area contributed by atoms with Crippen LogP contribution in [-0.2, 0) is 4.79 Å². The SMILES string of the molecule is CCCCCN/C=C(/C#N)C(=O)Nc1ccc(C)c(Cl)c1. The van der Waals surface area contributed by atoms with Crippen molar-refractivity contribution in [3.63, 3.8) is 0 Å². The molecule has 0 heterocycles. The maximum absolute atomic E-state index is 12.0. The first-order valence-electron chi connectivity index (χ1n) is 6.99. The maximum Gasteiger partial charge on any atom is 0.267 e. The smallest absolute Gasteiger partial charge is 0.267 e. The Morgan fingerprint density at radius 1 is 1.43 bits per heavy atom. The fourth-order valence-corrected chi connectivity index (χ4v) is 1.85. The van der Waals surface area contributed by atoms with Gasteiger partial charge in [-0.1, -0.05) is 37.4 Å². The highest BCUT2D eigenvalue weighted by Crippen LogP contribution is 2.20. The van der Waals surface area contributed by atoms with E-state index in [1.807, 2.05) is 19.1 Å². The molecule has 0 aliphatic rings. The lowest BCUT2D eigenvalue weighted by Crippen LogP contribution is -2.17. The molecule has 0 aromatic heterocycles. The van der Waals surface area contributed by atoms with Crippen LogP contribution in [0.3, 0.4) is 0 Å². The van der Waals surface area contributed by atoms with E-state index >= 15 is 0 Å². The molecule has 0 saturated heterocycles. The van der Waals surface area contributed by atoms with E-state index < -0.39 is 5.91 Å². The van der Waals surface area contributed by atoms with Crippen molar-refractivity contribution >= 4 is 23.2 Å². The molecule has 4 nitrogen and oxygen atoms in total. The van der Waals surface area contributed by atoms with E-state index in [9.17, 15) is 4.79 Å². The van der Waals surface area contributed by atoms with Crippen LogP contribution in [0.1, 0.15) is 31.7 Å². The van der Waals surface area contributed by atoms with Crippen LogP contribution in [0.4, 0.5) is 5.69 Å². The molecule has 1 rings (SSSR count). The van der Waals surface area contributed by atoms with Crippen molar-refractivity contribution in [3.05, 3.63) is 40.6 Å². The van der Waals surface area contributed by atoms with E-state index in [2.05, 4.69) is 17.6 Å². The maximum atomic E-state index is 12.0. The number of carbonyl (C=O) groups is 1. The van der Waals surface area contributed by atoms with Crippen molar-refractivity contribution in [3.8, 4) is 6.07 Å². The fourth-order valence-electron chi connectivity index (χ4n) is 1.67. The standard InChI is InChI=1S/C16H20ClN3O/c1-3-4-5-8-19-11-13(10-18)16(21)20-14-7-6-12(2)15(17)9-14/h6-7,9,11,19H,3-5,8H2,1-2H3,(H,20,21)/b13-11-. The van der Waals surface area contributed by atoms with Crippen LogP contribution in [0.5, 0.6) is 0 Å². The van der Waals surface area contributed by atoms with Crippen molar-refractivity contribution in [2.75, 3.05) is 11.9 Å². The third kappa shape index (κ3) is 5.88. The number of benzene rings is 1. The summed E-state index contributed by atoms with van der Waals surface area (Å²) in [4.78, 5) is 12.0. The van der Waals surface area contributed by atoms with Crippen molar-refractivity contribution < 1.29 is 4.79 Å². The van der Waals surface area contributed by atoms with Gasteiger partial charge in [-0.2, -0.15) is 5.26 Å². The number of nitrogens with zero attached hydrogens (tertiary/aromatic N) is 1. The first-order chi connectivity index (χ1) is 10.1. The molecule has 0 spiro atoms. The van der Waals surface area contributed by atoms with Crippen LogP contribution in [0.25, 0.3) is 0 Å². The zero-order chi connectivity index (χ0) is 15.7. The van der Waals surface area contributed by atoms with Crippen LogP contribution < -0.4 is 10.6 Å². The second kappa shape index (κ2) is 9.04. The minimum Gasteiger partial charge on any atom is -0.390 e. The number of nitriles is 1. The summed E-state index contributed by atoms with van der Waals surface area (Å²) < 4.78 is 0. The number of aryl methyl sites for hydroxylation is 1. The van der Waals surface area contributed by atoms with Gasteiger partial charge in [0.05, 0.1) is 0 Å². The van der Waals surface area contributed by atoms with E-state index in [0.29, 0.717) is 10.7 Å². The Hall–Kier alpha value is -1.99. The predicted molar refractivity (Wildman–Crippen MR) is 86.0 cm³/mol. The minimum absolute atomic E-state index is 0.0446. The van der Waals surface area contributed by atoms with Gasteiger partial charge in [-0.15, -0.1) is 0 Å². The van der Waals surface area contributed by atoms with E-state index in [4.69, 9.17) is 16.9 Å². The third-order valence-electron chi connectivity index (χ3n) is 2.97. The highest BCUT2D eigenvalue weighted by Gasteiger charge is 2.09. The Kier molecular flexibility index (Phi) is 7.34. The first kappa shape index (κ1) is 17.1. The number of rotatable bonds is 7. The molecule has 0 aliphatic heterocycles. The summed E-state index contributed by atoms with van der Waals surface area (Å²) in [5.74, 6) is -0.444. The number of nitrogens with one attached hydrogen (secondary N) is 2. The van der Waals surface area contributed by atoms with Gasteiger partial charge in [-0.3, -0.25) is 4.79 Å². The van der Waals surface area contributed by atoms with E-state index in [-0.39, 0.29) is 5.57 Å². The molecule has 2 N–H and O–H groups in total. The molecule has 5 heteroatoms. The minimum atomic E-state index is -0.444. The molecule has 112 valence electrons. The lowest BCUT2D eigenvalue weighted by atomic mass is 10.2. The summed E-state index contributed by atoms with van der Waals surface area (Å²) in [7, 11) is 0. The average molecular weight is 306 g/mol. The Labute approximate surface area is 130 Å². The van der Waals surface area contributed by atoms with Gasteiger partial charge in [0.15, 0.2) is 0 Å². The first-order valence-corrected chi connectivity index (χ1v) is 7.37. The molecular weight excluding hydrogens is 286 g/mol. The monoisotopic (exact) mass is 305 g/mol. The zero-order valence-corrected chi connectivity index (χ0v) is 13.1. The molecule has 0 aliphatic carbocycles. The number of unbranched alkanes of at least 4 members (excludes halogenated alkanes) is 2. The van der Waals surface area contributed by atoms with Crippen LogP contribution >= 0.6 is 11.6 Å². The van der Waals surface area contributed by atoms with Gasteiger partial charge in [0, 0.05) is 23.5 Å². The molecule has 1 aromatic carbocycles. The number of halogens is 1. The topological polar surface area (TPSA) is 64.9 Å². The van der Waals surface area contributed by atoms with Gasteiger partial charge in [0.25, 0.3) is 5.91 Å². The summed E-state index contributed by atoms with van der Waals surface area (Å²) in [6, 6.07) is 7.13. The molecule has 21 heavy (non-hydrogen) atoms. The van der Waals surface area contributed by atoms with Gasteiger partial charge >= 0.3 is 0 Å². The quantitative estimate of drug-likeness (QED) is 0.458. The molecule has 1 amide bonds. The molecule has 0 atom stereocenters. The molecular formula is C16H20ClN3O. The molecule has 0 radical (unpaired) electrons. The second-order valence-corrected chi connectivity index (χ2v) is 5.16. The van der Waals surface area contributed by atoms with Crippen molar-refractivity contribution in [1.29, 1.82) is 5.26 Å². The molecule has 0 saturated carbocycles. The normalized spacial score (nSPS) is 10.9. The van der Waals surface area contributed by atoms with Crippen LogP contribution in [0, 0.1) is 18.3 Å². The average Bonchev–Trinajstić information content (AvgIpc) is 2.46. The molecule has 0 bridgehead atoms. The summed E-state index contributed by atoms with van der Waals surface area (Å²) in [5.41, 5.74) is 1.55. The summed E-state index contributed by atoms with van der Waals surface area (Å²) >= 11 is 6.00. The van der Waals surface area contributed by atoms with Gasteiger partial charge in [-0.25, -0.2) is 0 Å². The van der Waals surface area contributed by atoms with Crippen LogP contribution in [-0.4, -0.2) is 12.5 Å². The van der Waals surface area contributed by atoms with E-state index in [1.165, 1.54) is 6.20 Å². The summed E-state index contributed by atoms with van der Waals surface area (Å²) in [5, 5.41) is 15.3. The van der Waals surface area contributed by atoms with Crippen molar-refractivity contribution in [2.45, 2.75) is 33.1 Å². The molecule has 0 unspecified atom stereocenters. The van der Waals surface area contributed by atoms with Crippen LogP contribution in [0.2, 0.25) is 5.02 Å². The number of hydrogen-bond donors (Lipinski definition) is 2. The van der Waals surface area contributed by atoms with Crippen molar-refractivity contribution in [1.82, 2.24) is 5.32 Å². The number of amides is 1. The third-order valence-corrected chi connectivity index (χ3v) is 3.37. The van der Waals surface area contributed by atoms with Gasteiger partial charge in [-0.05, 0) is 31.0 Å². The zero-order valence-electron chi connectivity index (χ0n) is 12.4. The van der Waals surface area contributed by atoms with Gasteiger partial charge < -0.3 is 10.6 Å². The number of carbonyl (C=O) groups excluding carboxylic acids is 1. The fraction of sp³-hybridized carbons (Fsp3) is 0.375. The highest BCUT2D eigenvalue weighted by molar-refractivity contribution is 6.31. The second-order valence-electron chi connectivity index (χ2n) is 4.75. The summed E-state index contributed by atoms with van der Waals surface area (Å²) in [6.45, 7) is 4.76. The highest BCUT2D eigenvalue weighted by atomic mass is 35.5. The Balaban J connectivity index is 2.60. The predicted octanol–water partition coefficient (Wildman–Crippen LogP) is 3.77. The molecule has 1 aromatic rings. The largest absolute Gasteiger partial charge is 0.390 e. The van der Waals surface area contributed by atoms with E-state index in [1.54, 1.807) is 12.1 Å². The summed E-state index contributed by atoms with van der Waals surface area (Å²) in [6.07, 6.45) is 4.73. The van der Waals surface area contributed by atoms with Gasteiger partial charge in [0.2, 0.25) is 0 Å². The lowest BCUT2D eigenvalue weighted by molar-refractivity contribution is -0.112. The van der Waals surface area contributed by atoms with Crippen LogP contribution in [0.15, 0.2) is 30.0 Å².